The molecule has 2 aromatic carbocycles. The van der Waals surface area contributed by atoms with Crippen molar-refractivity contribution in [2.24, 2.45) is 4.36 Å². The molecule has 3 heterocycles. The molecule has 3 aliphatic rings. The molecule has 240 valence electrons. The van der Waals surface area contributed by atoms with Gasteiger partial charge in [0.25, 0.3) is 0 Å². The first-order valence-corrected chi connectivity index (χ1v) is 17.2. The fraction of sp³-hybridized carbons (Fsp3) is 0.469. The van der Waals surface area contributed by atoms with Crippen molar-refractivity contribution >= 4 is 56.2 Å². The van der Waals surface area contributed by atoms with Crippen LogP contribution >= 0.6 is 11.6 Å². The number of anilines is 1. The maximum absolute atomic E-state index is 16.8. The van der Waals surface area contributed by atoms with E-state index < -0.39 is 33.2 Å². The normalized spacial score (nSPS) is 20.1. The molecule has 6 rings (SSSR count). The second-order valence-corrected chi connectivity index (χ2v) is 16.1. The quantitative estimate of drug-likeness (QED) is 0.366. The summed E-state index contributed by atoms with van der Waals surface area (Å²) in [6, 6.07) is 9.40. The number of fused-ring (bicyclic) bond motifs is 2. The Bertz CT molecular complexity index is 1810. The van der Waals surface area contributed by atoms with Gasteiger partial charge in [-0.2, -0.15) is 9.35 Å². The topological polar surface area (TPSA) is 111 Å². The van der Waals surface area contributed by atoms with Crippen molar-refractivity contribution in [3.63, 3.8) is 0 Å². The van der Waals surface area contributed by atoms with Gasteiger partial charge in [-0.05, 0) is 58.1 Å². The van der Waals surface area contributed by atoms with Gasteiger partial charge >= 0.3 is 6.09 Å². The third-order valence-corrected chi connectivity index (χ3v) is 10.9. The van der Waals surface area contributed by atoms with Crippen molar-refractivity contribution in [1.29, 1.82) is 0 Å². The predicted molar refractivity (Wildman–Crippen MR) is 175 cm³/mol. The second kappa shape index (κ2) is 11.7. The SMILES string of the molecule is CN(C)C1CN(c2nc(N=S3(=O)CCN(C(=O)OC(C)(C)C)CC3)c3cc(Cl)c(C4CC(O)=Cc5ccccc54)c(F)c3n2)C1. The molecule has 45 heavy (non-hydrogen) atoms. The Kier molecular flexibility index (Phi) is 8.20. The van der Waals surface area contributed by atoms with Crippen molar-refractivity contribution in [2.75, 3.05) is 56.7 Å². The van der Waals surface area contributed by atoms with Crippen LogP contribution < -0.4 is 4.90 Å². The number of carbonyl (C=O) groups is 1. The Balaban J connectivity index is 1.43. The summed E-state index contributed by atoms with van der Waals surface area (Å²) in [6.45, 7) is 7.11. The van der Waals surface area contributed by atoms with E-state index in [1.165, 1.54) is 4.90 Å². The summed E-state index contributed by atoms with van der Waals surface area (Å²) in [5, 5.41) is 11.0. The van der Waals surface area contributed by atoms with Crippen molar-refractivity contribution < 1.29 is 23.2 Å². The van der Waals surface area contributed by atoms with Gasteiger partial charge in [0.05, 0.1) is 32.4 Å². The predicted octanol–water partition coefficient (Wildman–Crippen LogP) is 5.96. The van der Waals surface area contributed by atoms with Crippen LogP contribution in [0, 0.1) is 5.82 Å². The van der Waals surface area contributed by atoms with Gasteiger partial charge in [0.2, 0.25) is 5.95 Å². The Morgan fingerprint density at radius 3 is 2.53 bits per heavy atom. The molecule has 0 radical (unpaired) electrons. The van der Waals surface area contributed by atoms with Gasteiger partial charge in [-0.3, -0.25) is 0 Å². The summed E-state index contributed by atoms with van der Waals surface area (Å²) in [6.07, 6.45) is 1.41. The zero-order chi connectivity index (χ0) is 32.3. The Morgan fingerprint density at radius 1 is 1.18 bits per heavy atom. The zero-order valence-electron chi connectivity index (χ0n) is 26.1. The monoisotopic (exact) mass is 656 g/mol. The van der Waals surface area contributed by atoms with E-state index in [-0.39, 0.29) is 70.1 Å². The van der Waals surface area contributed by atoms with Gasteiger partial charge in [-0.15, -0.1) is 0 Å². The Morgan fingerprint density at radius 2 is 1.87 bits per heavy atom. The van der Waals surface area contributed by atoms with E-state index in [1.807, 2.05) is 43.3 Å². The van der Waals surface area contributed by atoms with Crippen LogP contribution in [0.4, 0.5) is 21.0 Å². The van der Waals surface area contributed by atoms with E-state index >= 15 is 4.39 Å². The van der Waals surface area contributed by atoms with Gasteiger partial charge in [0.15, 0.2) is 11.6 Å². The van der Waals surface area contributed by atoms with Crippen molar-refractivity contribution in [2.45, 2.75) is 44.8 Å². The summed E-state index contributed by atoms with van der Waals surface area (Å²) < 4.78 is 41.0. The van der Waals surface area contributed by atoms with Gasteiger partial charge in [0.1, 0.15) is 11.1 Å². The van der Waals surface area contributed by atoms with E-state index in [2.05, 4.69) is 14.2 Å². The highest BCUT2D eigenvalue weighted by molar-refractivity contribution is 7.93. The van der Waals surface area contributed by atoms with Gasteiger partial charge < -0.3 is 24.5 Å². The van der Waals surface area contributed by atoms with Crippen LogP contribution in [0.25, 0.3) is 17.0 Å². The fourth-order valence-corrected chi connectivity index (χ4v) is 8.09. The number of amides is 1. The molecule has 1 unspecified atom stereocenters. The summed E-state index contributed by atoms with van der Waals surface area (Å²) in [5.41, 5.74) is 1.27. The number of allylic oxidation sites excluding steroid dienone is 1. The van der Waals surface area contributed by atoms with Crippen LogP contribution in [0.15, 0.2) is 40.5 Å². The molecule has 1 amide bonds. The lowest BCUT2D eigenvalue weighted by Crippen LogP contribution is -2.58. The van der Waals surface area contributed by atoms with Crippen LogP contribution in [0.3, 0.4) is 0 Å². The third kappa shape index (κ3) is 6.32. The van der Waals surface area contributed by atoms with E-state index in [1.54, 1.807) is 32.9 Å². The smallest absolute Gasteiger partial charge is 0.410 e. The minimum absolute atomic E-state index is 0.0344. The Hall–Kier alpha value is -3.48. The van der Waals surface area contributed by atoms with Crippen molar-refractivity contribution in [1.82, 2.24) is 19.8 Å². The summed E-state index contributed by atoms with van der Waals surface area (Å²) in [4.78, 5) is 27.6. The number of aliphatic hydroxyl groups excluding tert-OH is 1. The molecular formula is C32H38ClFN6O4S. The zero-order valence-corrected chi connectivity index (χ0v) is 27.7. The number of carbonyl (C=O) groups excluding carboxylic acids is 1. The standard InChI is InChI=1S/C32H38ClFN6O4S/c1-32(2,3)44-31(42)39-10-12-45(43,13-11-39)37-29-24-16-25(33)26(23-15-21(41)14-19-8-6-7-9-22(19)23)27(34)28(24)35-30(36-29)40-17-20(18-40)38(4)5/h6-9,14,16,20,23,41H,10-13,15,17-18H2,1-5H3. The first kappa shape index (κ1) is 31.5. The maximum Gasteiger partial charge on any atom is 0.410 e. The van der Waals surface area contributed by atoms with E-state index in [0.717, 1.165) is 11.1 Å². The molecule has 0 saturated carbocycles. The average Bonchev–Trinajstić information content (AvgIpc) is 2.92. The lowest BCUT2D eigenvalue weighted by atomic mass is 9.81. The van der Waals surface area contributed by atoms with Crippen LogP contribution in [-0.4, -0.2) is 98.6 Å². The van der Waals surface area contributed by atoms with Crippen LogP contribution in [0.1, 0.15) is 49.8 Å². The maximum atomic E-state index is 16.8. The highest BCUT2D eigenvalue weighted by atomic mass is 35.5. The minimum atomic E-state index is -2.85. The van der Waals surface area contributed by atoms with E-state index in [4.69, 9.17) is 21.3 Å². The second-order valence-electron chi connectivity index (χ2n) is 13.1. The van der Waals surface area contributed by atoms with Crippen LogP contribution in [0.5, 0.6) is 0 Å². The molecule has 13 heteroatoms. The summed E-state index contributed by atoms with van der Waals surface area (Å²) in [5.74, 6) is -0.357. The number of nitrogens with zero attached hydrogens (tertiary/aromatic N) is 6. The number of hydrogen-bond donors (Lipinski definition) is 1. The molecule has 3 aromatic rings. The van der Waals surface area contributed by atoms with E-state index in [9.17, 15) is 14.1 Å². The van der Waals surface area contributed by atoms with Gasteiger partial charge in [-0.25, -0.2) is 18.4 Å². The number of rotatable bonds is 4. The first-order chi connectivity index (χ1) is 21.2. The minimum Gasteiger partial charge on any atom is -0.512 e. The highest BCUT2D eigenvalue weighted by Crippen LogP contribution is 2.44. The molecule has 1 aromatic heterocycles. The summed E-state index contributed by atoms with van der Waals surface area (Å²) in [7, 11) is 1.14. The Labute approximate surface area is 268 Å². The summed E-state index contributed by atoms with van der Waals surface area (Å²) >= 11 is 6.82. The first-order valence-electron chi connectivity index (χ1n) is 15.0. The molecule has 0 bridgehead atoms. The number of aliphatic hydroxyl groups is 1. The lowest BCUT2D eigenvalue weighted by molar-refractivity contribution is 0.0268. The number of benzene rings is 2. The highest BCUT2D eigenvalue weighted by Gasteiger charge is 2.34. The average molecular weight is 657 g/mol. The van der Waals surface area contributed by atoms with Crippen molar-refractivity contribution in [3.8, 4) is 0 Å². The van der Waals surface area contributed by atoms with Crippen molar-refractivity contribution in [3.05, 3.63) is 63.6 Å². The molecule has 2 aliphatic heterocycles. The lowest BCUT2D eigenvalue weighted by Gasteiger charge is -2.42. The fourth-order valence-electron chi connectivity index (χ4n) is 5.91. The van der Waals surface area contributed by atoms with Crippen LogP contribution in [0.2, 0.25) is 5.02 Å². The van der Waals surface area contributed by atoms with Crippen LogP contribution in [-0.2, 0) is 14.5 Å². The van der Waals surface area contributed by atoms with Gasteiger partial charge in [0, 0.05) is 55.1 Å². The number of likely N-dealkylation sites (N-methyl/N-ethyl adjacent to an activating group) is 1. The molecule has 0 spiro atoms. The van der Waals surface area contributed by atoms with Gasteiger partial charge in [-0.1, -0.05) is 35.9 Å². The molecular weight excluding hydrogens is 619 g/mol. The number of halogens is 2. The number of ether oxygens (including phenoxy) is 1. The largest absolute Gasteiger partial charge is 0.512 e. The number of aromatic nitrogens is 2. The number of hydrogen-bond acceptors (Lipinski definition) is 9. The molecule has 10 nitrogen and oxygen atoms in total. The molecule has 1 atom stereocenters. The molecule has 2 saturated heterocycles. The molecule has 1 aliphatic carbocycles. The third-order valence-electron chi connectivity index (χ3n) is 8.48. The molecule has 1 N–H and O–H groups in total. The van der Waals surface area contributed by atoms with E-state index in [0.29, 0.717) is 19.0 Å². The molecule has 2 fully saturated rings.